The van der Waals surface area contributed by atoms with Crippen LogP contribution >= 0.6 is 7.82 Å². The molecular formula is C70H127N2O7P. The van der Waals surface area contributed by atoms with Crippen molar-refractivity contribution < 1.29 is 37.3 Å². The van der Waals surface area contributed by atoms with E-state index in [9.17, 15) is 19.0 Å². The van der Waals surface area contributed by atoms with E-state index >= 15 is 0 Å². The van der Waals surface area contributed by atoms with Crippen molar-refractivity contribution >= 4 is 19.7 Å². The number of unbranched alkanes of at least 4 members (excludes halogenated alkanes) is 32. The summed E-state index contributed by atoms with van der Waals surface area (Å²) in [5.74, 6) is -0.552. The van der Waals surface area contributed by atoms with E-state index in [0.29, 0.717) is 17.4 Å². The van der Waals surface area contributed by atoms with Gasteiger partial charge in [0.05, 0.1) is 33.8 Å². The quantitative estimate of drug-likeness (QED) is 0.0212. The molecule has 0 aliphatic heterocycles. The number of esters is 1. The van der Waals surface area contributed by atoms with E-state index in [0.717, 1.165) is 122 Å². The molecule has 80 heavy (non-hydrogen) atoms. The second kappa shape index (κ2) is 59.4. The Labute approximate surface area is 495 Å². The van der Waals surface area contributed by atoms with Crippen molar-refractivity contribution in [2.24, 2.45) is 0 Å². The van der Waals surface area contributed by atoms with Gasteiger partial charge in [0.1, 0.15) is 19.3 Å². The lowest BCUT2D eigenvalue weighted by Gasteiger charge is -2.30. The maximum atomic E-state index is 13.6. The lowest BCUT2D eigenvalue weighted by Crippen LogP contribution is -2.47. The molecule has 0 spiro atoms. The summed E-state index contributed by atoms with van der Waals surface area (Å²) in [6.07, 6.45) is 78.4. The monoisotopic (exact) mass is 1140 g/mol. The highest BCUT2D eigenvalue weighted by molar-refractivity contribution is 7.45. The zero-order chi connectivity index (χ0) is 58.6. The normalized spacial score (nSPS) is 14.1. The first kappa shape index (κ1) is 77.2. The van der Waals surface area contributed by atoms with Crippen LogP contribution in [0.25, 0.3) is 0 Å². The summed E-state index contributed by atoms with van der Waals surface area (Å²) in [6, 6.07) is -0.899. The van der Waals surface area contributed by atoms with Gasteiger partial charge in [-0.05, 0) is 83.1 Å². The van der Waals surface area contributed by atoms with E-state index in [4.69, 9.17) is 13.8 Å². The van der Waals surface area contributed by atoms with Crippen LogP contribution in [0.15, 0.2) is 85.1 Å². The minimum atomic E-state index is -4.71. The molecule has 0 saturated carbocycles. The number of likely N-dealkylation sites (N-methyl/N-ethyl adjacent to an activating group) is 1. The minimum absolute atomic E-state index is 0.0274. The topological polar surface area (TPSA) is 114 Å². The van der Waals surface area contributed by atoms with Gasteiger partial charge in [-0.25, -0.2) is 0 Å². The van der Waals surface area contributed by atoms with Crippen molar-refractivity contribution in [2.45, 2.75) is 309 Å². The Bertz CT molecular complexity index is 1640. The van der Waals surface area contributed by atoms with Gasteiger partial charge in [0, 0.05) is 12.8 Å². The van der Waals surface area contributed by atoms with E-state index < -0.39 is 26.6 Å². The number of carbonyl (C=O) groups excluding carboxylic acids is 2. The summed E-state index contributed by atoms with van der Waals surface area (Å²) in [5, 5.41) is 3.03. The first-order valence-electron chi connectivity index (χ1n) is 33.4. The van der Waals surface area contributed by atoms with Crippen molar-refractivity contribution in [1.29, 1.82) is 0 Å². The van der Waals surface area contributed by atoms with Gasteiger partial charge in [-0.15, -0.1) is 0 Å². The predicted molar refractivity (Wildman–Crippen MR) is 344 cm³/mol. The Balaban J connectivity index is 5.17. The number of allylic oxidation sites excluding steroid dienone is 13. The molecule has 3 atom stereocenters. The molecule has 0 aromatic heterocycles. The van der Waals surface area contributed by atoms with Crippen LogP contribution in [-0.2, 0) is 27.9 Å². The molecule has 464 valence electrons. The molecule has 0 aromatic rings. The maximum absolute atomic E-state index is 13.6. The van der Waals surface area contributed by atoms with Gasteiger partial charge in [0.25, 0.3) is 7.82 Å². The van der Waals surface area contributed by atoms with Crippen LogP contribution < -0.4 is 10.2 Å². The SMILES string of the molecule is CC/C=C\C/C=C\C/C=C\C/C=C\C/C=C\C/C=C\CCCCCCCCC(=O)NC(COP(=O)([O-])OCC[N+](C)(C)C)C(/C=C\CCCCCCCCCCCC)OC(=O)CCCCCCCCCCCCCCCCCCC. The van der Waals surface area contributed by atoms with Gasteiger partial charge in [0.2, 0.25) is 5.91 Å². The van der Waals surface area contributed by atoms with Crippen LogP contribution in [0, 0.1) is 0 Å². The Morgan fingerprint density at radius 1 is 0.450 bits per heavy atom. The van der Waals surface area contributed by atoms with E-state index in [1.807, 2.05) is 33.3 Å². The number of hydrogen-bond acceptors (Lipinski definition) is 7. The van der Waals surface area contributed by atoms with Crippen LogP contribution in [-0.4, -0.2) is 69.4 Å². The van der Waals surface area contributed by atoms with E-state index in [-0.39, 0.29) is 24.9 Å². The van der Waals surface area contributed by atoms with Gasteiger partial charge in [0.15, 0.2) is 0 Å². The van der Waals surface area contributed by atoms with Gasteiger partial charge >= 0.3 is 5.97 Å². The van der Waals surface area contributed by atoms with Gasteiger partial charge in [-0.1, -0.05) is 286 Å². The summed E-state index contributed by atoms with van der Waals surface area (Å²) in [4.78, 5) is 40.1. The predicted octanol–water partition coefficient (Wildman–Crippen LogP) is 20.3. The van der Waals surface area contributed by atoms with Crippen molar-refractivity contribution in [3.63, 3.8) is 0 Å². The summed E-state index contributed by atoms with van der Waals surface area (Å²) in [7, 11) is 1.17. The maximum Gasteiger partial charge on any atom is 0.306 e. The fraction of sp³-hybridized carbons (Fsp3) is 0.771. The number of amides is 1. The number of ether oxygens (including phenoxy) is 1. The van der Waals surface area contributed by atoms with Crippen LogP contribution in [0.5, 0.6) is 0 Å². The van der Waals surface area contributed by atoms with Crippen LogP contribution in [0.2, 0.25) is 0 Å². The molecule has 0 rings (SSSR count). The molecule has 0 heterocycles. The molecule has 3 unspecified atom stereocenters. The molecule has 0 fully saturated rings. The van der Waals surface area contributed by atoms with Crippen molar-refractivity contribution in [3.8, 4) is 0 Å². The molecule has 0 aromatic carbocycles. The molecule has 10 heteroatoms. The van der Waals surface area contributed by atoms with Crippen molar-refractivity contribution in [2.75, 3.05) is 40.9 Å². The van der Waals surface area contributed by atoms with Crippen LogP contribution in [0.1, 0.15) is 297 Å². The number of carbonyl (C=O) groups is 2. The van der Waals surface area contributed by atoms with Crippen molar-refractivity contribution in [3.05, 3.63) is 85.1 Å². The molecular weight excluding hydrogens is 1010 g/mol. The van der Waals surface area contributed by atoms with E-state index in [1.54, 1.807) is 0 Å². The molecule has 0 radical (unpaired) electrons. The smallest absolute Gasteiger partial charge is 0.306 e. The molecule has 0 saturated heterocycles. The Kier molecular flexibility index (Phi) is 57.3. The second-order valence-corrected chi connectivity index (χ2v) is 25.0. The standard InChI is InChI=1S/C70H127N2O7P/c1-7-10-13-16-19-22-25-28-30-32-33-34-35-36-37-38-39-41-42-44-47-50-53-56-59-62-69(73)71-67(66-78-80(75,76)77-65-64-72(4,5)6)68(61-58-55-52-49-46-27-24-21-18-15-12-9-3)79-70(74)63-60-57-54-51-48-45-43-40-31-29-26-23-20-17-14-11-8-2/h10,13,19,22,28,30,33-34,36-37,39,41,58,61,67-68H,7-9,11-12,14-18,20-21,23-27,29,31-32,35,38,40,42-57,59-60,62-66H2,1-6H3,(H-,71,73,75,76)/b13-10-,22-19-,30-28-,34-33-,37-36-,41-39-,61-58-. The molecule has 0 aliphatic rings. The average molecular weight is 1140 g/mol. The van der Waals surface area contributed by atoms with Crippen LogP contribution in [0.3, 0.4) is 0 Å². The molecule has 0 bridgehead atoms. The number of nitrogens with one attached hydrogen (secondary N) is 1. The third-order valence-electron chi connectivity index (χ3n) is 14.6. The fourth-order valence-corrected chi connectivity index (χ4v) is 10.2. The first-order valence-corrected chi connectivity index (χ1v) is 34.9. The number of phosphoric ester groups is 1. The number of rotatable bonds is 60. The minimum Gasteiger partial charge on any atom is -0.756 e. The number of nitrogens with zero attached hydrogens (tertiary/aromatic N) is 1. The molecule has 0 aliphatic carbocycles. The Morgan fingerprint density at radius 3 is 1.20 bits per heavy atom. The first-order chi connectivity index (χ1) is 38.9. The van der Waals surface area contributed by atoms with Crippen LogP contribution in [0.4, 0.5) is 0 Å². The third-order valence-corrected chi connectivity index (χ3v) is 15.6. The van der Waals surface area contributed by atoms with Gasteiger partial charge in [-0.2, -0.15) is 0 Å². The molecule has 1 amide bonds. The Morgan fingerprint density at radius 2 is 0.800 bits per heavy atom. The highest BCUT2D eigenvalue weighted by Crippen LogP contribution is 2.38. The number of hydrogen-bond donors (Lipinski definition) is 1. The van der Waals surface area contributed by atoms with Crippen molar-refractivity contribution in [1.82, 2.24) is 5.32 Å². The van der Waals surface area contributed by atoms with E-state index in [2.05, 4.69) is 99.0 Å². The highest BCUT2D eigenvalue weighted by atomic mass is 31.2. The van der Waals surface area contributed by atoms with E-state index in [1.165, 1.54) is 141 Å². The second-order valence-electron chi connectivity index (χ2n) is 23.6. The lowest BCUT2D eigenvalue weighted by atomic mass is 10.0. The lowest BCUT2D eigenvalue weighted by molar-refractivity contribution is -0.870. The fourth-order valence-electron chi connectivity index (χ4n) is 9.47. The Hall–Kier alpha value is -2.81. The largest absolute Gasteiger partial charge is 0.756 e. The number of phosphoric acid groups is 1. The average Bonchev–Trinajstić information content (AvgIpc) is 3.42. The third kappa shape index (κ3) is 59.8. The summed E-state index contributed by atoms with van der Waals surface area (Å²) < 4.78 is 30.4. The zero-order valence-corrected chi connectivity index (χ0v) is 53.9. The van der Waals surface area contributed by atoms with Gasteiger partial charge < -0.3 is 28.5 Å². The summed E-state index contributed by atoms with van der Waals surface area (Å²) in [6.45, 7) is 6.74. The molecule has 9 nitrogen and oxygen atoms in total. The number of quaternary nitrogens is 1. The zero-order valence-electron chi connectivity index (χ0n) is 53.0. The molecule has 1 N–H and O–H groups in total. The van der Waals surface area contributed by atoms with Gasteiger partial charge in [-0.3, -0.25) is 14.2 Å². The summed E-state index contributed by atoms with van der Waals surface area (Å²) >= 11 is 0. The summed E-state index contributed by atoms with van der Waals surface area (Å²) in [5.41, 5.74) is 0. The highest BCUT2D eigenvalue weighted by Gasteiger charge is 2.27.